The first-order chi connectivity index (χ1) is 6.13. The fourth-order valence-electron chi connectivity index (χ4n) is 1.58. The Balaban J connectivity index is 2.33. The molecule has 0 spiro atoms. The van der Waals surface area contributed by atoms with E-state index < -0.39 is 0 Å². The summed E-state index contributed by atoms with van der Waals surface area (Å²) in [6, 6.07) is 0.822. The maximum atomic E-state index is 5.73. The molecule has 1 aliphatic carbocycles. The van der Waals surface area contributed by atoms with Crippen molar-refractivity contribution in [1.29, 1.82) is 0 Å². The van der Waals surface area contributed by atoms with Gasteiger partial charge in [0.25, 0.3) is 0 Å². The van der Waals surface area contributed by atoms with Gasteiger partial charge in [-0.15, -0.1) is 11.6 Å². The molecule has 1 fully saturated rings. The predicted octanol–water partition coefficient (Wildman–Crippen LogP) is 2.90. The van der Waals surface area contributed by atoms with E-state index in [1.807, 2.05) is 0 Å². The molecule has 1 saturated carbocycles. The van der Waals surface area contributed by atoms with Crippen molar-refractivity contribution in [2.75, 3.05) is 19.0 Å². The van der Waals surface area contributed by atoms with E-state index in [9.17, 15) is 0 Å². The quantitative estimate of drug-likeness (QED) is 0.472. The van der Waals surface area contributed by atoms with Gasteiger partial charge < -0.3 is 0 Å². The van der Waals surface area contributed by atoms with Gasteiger partial charge in [0.1, 0.15) is 0 Å². The zero-order valence-electron chi connectivity index (χ0n) is 8.72. The molecule has 0 saturated heterocycles. The first-order valence-electron chi connectivity index (χ1n) is 5.10. The third-order valence-electron chi connectivity index (χ3n) is 2.28. The summed E-state index contributed by atoms with van der Waals surface area (Å²) < 4.78 is 0. The lowest BCUT2D eigenvalue weighted by Crippen LogP contribution is -2.32. The van der Waals surface area contributed by atoms with Gasteiger partial charge in [-0.2, -0.15) is 0 Å². The minimum Gasteiger partial charge on any atom is -0.296 e. The Bertz CT molecular complexity index is 173. The molecule has 0 aromatic heterocycles. The standard InChI is InChI=1S/C11H20ClN/c1-9(2)7-13(11-4-5-11)8-10(3)6-12/h9,11H,3-8H2,1-2H3. The molecule has 1 aliphatic rings. The maximum Gasteiger partial charge on any atom is 0.0443 e. The van der Waals surface area contributed by atoms with E-state index in [1.165, 1.54) is 19.4 Å². The van der Waals surface area contributed by atoms with Gasteiger partial charge in [0.2, 0.25) is 0 Å². The van der Waals surface area contributed by atoms with Crippen LogP contribution in [-0.2, 0) is 0 Å². The summed E-state index contributed by atoms with van der Waals surface area (Å²) in [5.41, 5.74) is 1.15. The minimum absolute atomic E-state index is 0.599. The highest BCUT2D eigenvalue weighted by Gasteiger charge is 2.29. The fourth-order valence-corrected chi connectivity index (χ4v) is 1.67. The van der Waals surface area contributed by atoms with E-state index in [1.54, 1.807) is 0 Å². The van der Waals surface area contributed by atoms with E-state index in [-0.39, 0.29) is 0 Å². The van der Waals surface area contributed by atoms with Gasteiger partial charge in [-0.1, -0.05) is 20.4 Å². The van der Waals surface area contributed by atoms with E-state index in [0.717, 1.165) is 24.1 Å². The third kappa shape index (κ3) is 4.15. The van der Waals surface area contributed by atoms with Crippen LogP contribution in [0.15, 0.2) is 12.2 Å². The molecule has 1 nitrogen and oxygen atoms in total. The van der Waals surface area contributed by atoms with Crippen LogP contribution in [0.3, 0.4) is 0 Å². The number of halogens is 1. The number of nitrogens with zero attached hydrogens (tertiary/aromatic N) is 1. The number of hydrogen-bond acceptors (Lipinski definition) is 1. The molecule has 0 heterocycles. The van der Waals surface area contributed by atoms with Gasteiger partial charge in [0.15, 0.2) is 0 Å². The maximum absolute atomic E-state index is 5.73. The summed E-state index contributed by atoms with van der Waals surface area (Å²) in [5, 5.41) is 0. The van der Waals surface area contributed by atoms with Crippen molar-refractivity contribution in [1.82, 2.24) is 4.90 Å². The smallest absolute Gasteiger partial charge is 0.0443 e. The number of hydrogen-bond donors (Lipinski definition) is 0. The van der Waals surface area contributed by atoms with Crippen LogP contribution < -0.4 is 0 Å². The van der Waals surface area contributed by atoms with Gasteiger partial charge in [-0.3, -0.25) is 4.90 Å². The largest absolute Gasteiger partial charge is 0.296 e. The molecular formula is C11H20ClN. The molecular weight excluding hydrogens is 182 g/mol. The summed E-state index contributed by atoms with van der Waals surface area (Å²) in [7, 11) is 0. The molecule has 0 aliphatic heterocycles. The normalized spacial score (nSPS) is 17.0. The SMILES string of the molecule is C=C(CCl)CN(CC(C)C)C1CC1. The van der Waals surface area contributed by atoms with E-state index in [0.29, 0.717) is 5.88 Å². The average Bonchev–Trinajstić information content (AvgIpc) is 2.84. The van der Waals surface area contributed by atoms with Crippen molar-refractivity contribution < 1.29 is 0 Å². The number of alkyl halides is 1. The second kappa shape index (κ2) is 5.02. The van der Waals surface area contributed by atoms with Crippen molar-refractivity contribution in [3.63, 3.8) is 0 Å². The van der Waals surface area contributed by atoms with Crippen LogP contribution >= 0.6 is 11.6 Å². The predicted molar refractivity (Wildman–Crippen MR) is 59.3 cm³/mol. The average molecular weight is 202 g/mol. The summed E-state index contributed by atoms with van der Waals surface area (Å²) in [5.74, 6) is 1.34. The monoisotopic (exact) mass is 201 g/mol. The highest BCUT2D eigenvalue weighted by atomic mass is 35.5. The third-order valence-corrected chi connectivity index (χ3v) is 2.66. The Morgan fingerprint density at radius 1 is 1.54 bits per heavy atom. The van der Waals surface area contributed by atoms with Crippen molar-refractivity contribution >= 4 is 11.6 Å². The Kier molecular flexibility index (Phi) is 4.27. The van der Waals surface area contributed by atoms with Crippen LogP contribution in [0.25, 0.3) is 0 Å². The molecule has 2 heteroatoms. The fraction of sp³-hybridized carbons (Fsp3) is 0.818. The van der Waals surface area contributed by atoms with E-state index in [4.69, 9.17) is 11.6 Å². The highest BCUT2D eigenvalue weighted by Crippen LogP contribution is 2.28. The first kappa shape index (κ1) is 11.1. The van der Waals surface area contributed by atoms with Gasteiger partial charge in [0, 0.05) is 25.0 Å². The molecule has 0 atom stereocenters. The van der Waals surface area contributed by atoms with E-state index >= 15 is 0 Å². The lowest BCUT2D eigenvalue weighted by atomic mass is 10.2. The van der Waals surface area contributed by atoms with Crippen LogP contribution in [-0.4, -0.2) is 29.9 Å². The number of rotatable bonds is 6. The molecule has 0 radical (unpaired) electrons. The van der Waals surface area contributed by atoms with Gasteiger partial charge in [0.05, 0.1) is 0 Å². The summed E-state index contributed by atoms with van der Waals surface area (Å²) in [6.45, 7) is 10.7. The van der Waals surface area contributed by atoms with Crippen LogP contribution in [0, 0.1) is 5.92 Å². The summed E-state index contributed by atoms with van der Waals surface area (Å²) >= 11 is 5.73. The lowest BCUT2D eigenvalue weighted by molar-refractivity contribution is 0.254. The molecule has 1 rings (SSSR count). The Morgan fingerprint density at radius 3 is 2.54 bits per heavy atom. The molecule has 0 bridgehead atoms. The summed E-state index contributed by atoms with van der Waals surface area (Å²) in [4.78, 5) is 2.52. The van der Waals surface area contributed by atoms with Crippen LogP contribution in [0.4, 0.5) is 0 Å². The molecule has 0 unspecified atom stereocenters. The molecule has 13 heavy (non-hydrogen) atoms. The van der Waals surface area contributed by atoms with Crippen molar-refractivity contribution in [3.8, 4) is 0 Å². The minimum atomic E-state index is 0.599. The van der Waals surface area contributed by atoms with Crippen molar-refractivity contribution in [2.45, 2.75) is 32.7 Å². The van der Waals surface area contributed by atoms with Crippen LogP contribution in [0.2, 0.25) is 0 Å². The Hall–Kier alpha value is -0.0100. The highest BCUT2D eigenvalue weighted by molar-refractivity contribution is 6.19. The molecule has 0 aromatic rings. The van der Waals surface area contributed by atoms with Gasteiger partial charge in [-0.25, -0.2) is 0 Å². The Morgan fingerprint density at radius 2 is 2.15 bits per heavy atom. The molecule has 0 amide bonds. The van der Waals surface area contributed by atoms with Gasteiger partial charge in [-0.05, 0) is 24.3 Å². The second-order valence-electron chi connectivity index (χ2n) is 4.44. The Labute approximate surface area is 86.8 Å². The molecule has 76 valence electrons. The zero-order chi connectivity index (χ0) is 9.84. The molecule has 0 aromatic carbocycles. The first-order valence-corrected chi connectivity index (χ1v) is 5.63. The van der Waals surface area contributed by atoms with Crippen LogP contribution in [0.5, 0.6) is 0 Å². The van der Waals surface area contributed by atoms with Gasteiger partial charge >= 0.3 is 0 Å². The van der Waals surface area contributed by atoms with Crippen molar-refractivity contribution in [2.24, 2.45) is 5.92 Å². The van der Waals surface area contributed by atoms with E-state index in [2.05, 4.69) is 25.3 Å². The van der Waals surface area contributed by atoms with Crippen LogP contribution in [0.1, 0.15) is 26.7 Å². The summed E-state index contributed by atoms with van der Waals surface area (Å²) in [6.07, 6.45) is 2.73. The topological polar surface area (TPSA) is 3.24 Å². The zero-order valence-corrected chi connectivity index (χ0v) is 9.48. The van der Waals surface area contributed by atoms with Crippen molar-refractivity contribution in [3.05, 3.63) is 12.2 Å². The molecule has 0 N–H and O–H groups in total. The lowest BCUT2D eigenvalue weighted by Gasteiger charge is -2.24. The second-order valence-corrected chi connectivity index (χ2v) is 4.71.